The SMILES string of the molecule is CC(C)(C)c1cccc(N2c3cc(C(C)(C)C)ccc3B3c4cc5c(cc4N(c4ccc(C(C)(C)C)cc4-c4ccccc4)c4cc(N6c7ccc(-c8ccccn8)cc7C7(C)CCCCC67C)cc2c43)C(C)(C)CCC5(C)C)c1. The predicted molar refractivity (Wildman–Crippen MR) is 343 cm³/mol. The van der Waals surface area contributed by atoms with Gasteiger partial charge in [-0.05, 0) is 188 Å². The van der Waals surface area contributed by atoms with Crippen molar-refractivity contribution in [2.75, 3.05) is 14.7 Å². The Morgan fingerprint density at radius 3 is 1.73 bits per heavy atom. The maximum atomic E-state index is 4.90. The molecule has 1 saturated carbocycles. The smallest absolute Gasteiger partial charge is 0.252 e. The minimum absolute atomic E-state index is 0.00837. The van der Waals surface area contributed by atoms with Crippen LogP contribution in [0.2, 0.25) is 0 Å². The minimum Gasteiger partial charge on any atom is -0.334 e. The van der Waals surface area contributed by atoms with Gasteiger partial charge in [0.15, 0.2) is 0 Å². The maximum Gasteiger partial charge on any atom is 0.252 e. The Morgan fingerprint density at radius 1 is 0.425 bits per heavy atom. The Balaban J connectivity index is 1.20. The monoisotopic (exact) mass is 1050 g/mol. The highest BCUT2D eigenvalue weighted by Gasteiger charge is 2.58. The van der Waals surface area contributed by atoms with Crippen molar-refractivity contribution in [3.8, 4) is 22.4 Å². The van der Waals surface area contributed by atoms with Crippen LogP contribution in [0.25, 0.3) is 22.4 Å². The summed E-state index contributed by atoms with van der Waals surface area (Å²) in [5.41, 5.74) is 26.8. The van der Waals surface area contributed by atoms with Crippen LogP contribution in [0.15, 0.2) is 158 Å². The topological polar surface area (TPSA) is 22.6 Å². The van der Waals surface area contributed by atoms with Gasteiger partial charge in [0, 0.05) is 62.6 Å². The van der Waals surface area contributed by atoms with Crippen LogP contribution in [-0.2, 0) is 32.5 Å². The molecule has 0 spiro atoms. The predicted octanol–water partition coefficient (Wildman–Crippen LogP) is 18.5. The second kappa shape index (κ2) is 17.8. The van der Waals surface area contributed by atoms with E-state index in [2.05, 4.69) is 264 Å². The van der Waals surface area contributed by atoms with Gasteiger partial charge in [-0.1, -0.05) is 189 Å². The molecule has 8 aromatic rings. The van der Waals surface area contributed by atoms with Crippen LogP contribution >= 0.6 is 0 Å². The average Bonchev–Trinajstić information content (AvgIpc) is 1.62. The van der Waals surface area contributed by atoms with E-state index in [4.69, 9.17) is 4.98 Å². The summed E-state index contributed by atoms with van der Waals surface area (Å²) in [4.78, 5) is 13.2. The number of aromatic nitrogens is 1. The van der Waals surface area contributed by atoms with E-state index in [9.17, 15) is 0 Å². The molecule has 0 bridgehead atoms. The van der Waals surface area contributed by atoms with E-state index in [1.54, 1.807) is 0 Å². The van der Waals surface area contributed by atoms with E-state index in [1.165, 1.54) is 125 Å². The average molecular weight is 1050 g/mol. The molecule has 2 aliphatic carbocycles. The number of nitrogens with zero attached hydrogens (tertiary/aromatic N) is 4. The molecule has 406 valence electrons. The fourth-order valence-electron chi connectivity index (χ4n) is 15.2. The van der Waals surface area contributed by atoms with Gasteiger partial charge in [0.05, 0.1) is 16.9 Å². The molecule has 0 saturated heterocycles. The third-order valence-electron chi connectivity index (χ3n) is 20.4. The summed E-state index contributed by atoms with van der Waals surface area (Å²) in [6.45, 7) is 36.4. The highest BCUT2D eigenvalue weighted by Crippen LogP contribution is 2.63. The van der Waals surface area contributed by atoms with E-state index >= 15 is 0 Å². The number of anilines is 8. The van der Waals surface area contributed by atoms with Gasteiger partial charge in [0.2, 0.25) is 0 Å². The van der Waals surface area contributed by atoms with Crippen molar-refractivity contribution in [1.29, 1.82) is 0 Å². The lowest BCUT2D eigenvalue weighted by Crippen LogP contribution is -2.62. The lowest BCUT2D eigenvalue weighted by atomic mass is 9.33. The summed E-state index contributed by atoms with van der Waals surface area (Å²) in [5.74, 6) is 0. The quantitative estimate of drug-likeness (QED) is 0.160. The third kappa shape index (κ3) is 8.01. The third-order valence-corrected chi connectivity index (χ3v) is 20.4. The molecule has 80 heavy (non-hydrogen) atoms. The van der Waals surface area contributed by atoms with Crippen LogP contribution in [0.1, 0.15) is 176 Å². The molecule has 2 unspecified atom stereocenters. The Bertz CT molecular complexity index is 3790. The molecule has 0 radical (unpaired) electrons. The lowest BCUT2D eigenvalue weighted by Gasteiger charge is -2.51. The van der Waals surface area contributed by atoms with Gasteiger partial charge in [-0.15, -0.1) is 0 Å². The van der Waals surface area contributed by atoms with Crippen LogP contribution in [0.5, 0.6) is 0 Å². The summed E-state index contributed by atoms with van der Waals surface area (Å²) in [6.07, 6.45) is 8.85. The summed E-state index contributed by atoms with van der Waals surface area (Å²) in [7, 11) is 0. The summed E-state index contributed by atoms with van der Waals surface area (Å²) in [5, 5.41) is 0. The van der Waals surface area contributed by atoms with Gasteiger partial charge in [-0.3, -0.25) is 4.98 Å². The van der Waals surface area contributed by atoms with Crippen LogP contribution in [0, 0.1) is 0 Å². The van der Waals surface area contributed by atoms with Gasteiger partial charge in [0.25, 0.3) is 6.71 Å². The van der Waals surface area contributed by atoms with Crippen LogP contribution in [-0.4, -0.2) is 17.2 Å². The molecule has 0 N–H and O–H groups in total. The summed E-state index contributed by atoms with van der Waals surface area (Å²) < 4.78 is 0. The Labute approximate surface area is 479 Å². The molecular formula is C75H83BN4. The van der Waals surface area contributed by atoms with Crippen LogP contribution in [0.3, 0.4) is 0 Å². The number of hydrogen-bond donors (Lipinski definition) is 0. The van der Waals surface area contributed by atoms with Crippen molar-refractivity contribution in [3.05, 3.63) is 191 Å². The fourth-order valence-corrected chi connectivity index (χ4v) is 15.2. The first-order chi connectivity index (χ1) is 37.8. The highest BCUT2D eigenvalue weighted by molar-refractivity contribution is 7.00. The zero-order chi connectivity index (χ0) is 56.3. The number of pyridine rings is 1. The molecule has 4 nitrogen and oxygen atoms in total. The molecule has 7 aromatic carbocycles. The molecule has 1 fully saturated rings. The van der Waals surface area contributed by atoms with E-state index in [0.29, 0.717) is 0 Å². The summed E-state index contributed by atoms with van der Waals surface area (Å²) in [6, 6.07) is 59.9. The first-order valence-electron chi connectivity index (χ1n) is 30.1. The van der Waals surface area contributed by atoms with E-state index in [1.807, 2.05) is 12.3 Å². The Kier molecular flexibility index (Phi) is 11.7. The summed E-state index contributed by atoms with van der Waals surface area (Å²) >= 11 is 0. The number of benzene rings is 7. The molecule has 0 amide bonds. The van der Waals surface area contributed by atoms with Crippen LogP contribution < -0.4 is 31.1 Å². The van der Waals surface area contributed by atoms with E-state index < -0.39 is 0 Å². The van der Waals surface area contributed by atoms with Crippen molar-refractivity contribution in [1.82, 2.24) is 4.98 Å². The molecule has 3 aliphatic heterocycles. The number of hydrogen-bond acceptors (Lipinski definition) is 4. The zero-order valence-electron chi connectivity index (χ0n) is 50.6. The van der Waals surface area contributed by atoms with Crippen LogP contribution in [0.4, 0.5) is 45.5 Å². The molecule has 1 aromatic heterocycles. The van der Waals surface area contributed by atoms with Crippen molar-refractivity contribution < 1.29 is 0 Å². The van der Waals surface area contributed by atoms with Gasteiger partial charge in [0.1, 0.15) is 0 Å². The standard InChI is InChI=1S/C75H83BN4/c1-69(2,3)50-26-23-27-53(41-50)78-64-43-52(71(7,8)9)30-32-59(64)76-60-46-56-57(73(12,13)38-37-72(56,10)11)47-65(60)79(62-34-31-51(70(4,5)6)42-55(62)48-24-17-16-18-25-48)67-45-54(44-66(78)68(67)76)80-63-33-29-49(61-28-19-22-39-77-61)40-58(63)74(14)35-20-21-36-75(74,80)15/h16-19,22-34,39-47H,20-21,35-38H2,1-15H3. The van der Waals surface area contributed by atoms with Crippen molar-refractivity contribution >= 4 is 68.6 Å². The number of rotatable bonds is 5. The largest absolute Gasteiger partial charge is 0.334 e. The molecule has 4 heterocycles. The maximum absolute atomic E-state index is 4.90. The highest BCUT2D eigenvalue weighted by atomic mass is 15.3. The Morgan fingerprint density at radius 2 is 1.04 bits per heavy atom. The van der Waals surface area contributed by atoms with Gasteiger partial charge in [-0.2, -0.15) is 0 Å². The number of fused-ring (bicyclic) bond motifs is 8. The molecule has 2 atom stereocenters. The first-order valence-corrected chi connectivity index (χ1v) is 30.1. The molecule has 5 aliphatic rings. The fraction of sp³-hybridized carbons (Fsp3) is 0.373. The van der Waals surface area contributed by atoms with Crippen molar-refractivity contribution in [2.45, 2.75) is 180 Å². The van der Waals surface area contributed by atoms with Crippen molar-refractivity contribution in [2.24, 2.45) is 0 Å². The first kappa shape index (κ1) is 52.5. The second-order valence-electron chi connectivity index (χ2n) is 29.5. The lowest BCUT2D eigenvalue weighted by molar-refractivity contribution is 0.195. The molecular weight excluding hydrogens is 968 g/mol. The van der Waals surface area contributed by atoms with Gasteiger partial charge in [-0.25, -0.2) is 0 Å². The van der Waals surface area contributed by atoms with Gasteiger partial charge < -0.3 is 14.7 Å². The van der Waals surface area contributed by atoms with Gasteiger partial charge >= 0.3 is 0 Å². The zero-order valence-corrected chi connectivity index (χ0v) is 50.6. The minimum atomic E-state index is -0.213. The second-order valence-corrected chi connectivity index (χ2v) is 29.5. The Hall–Kier alpha value is -6.85. The molecule has 5 heteroatoms. The van der Waals surface area contributed by atoms with Crippen molar-refractivity contribution in [3.63, 3.8) is 0 Å². The normalized spacial score (nSPS) is 20.6. The van der Waals surface area contributed by atoms with E-state index in [-0.39, 0.29) is 44.7 Å². The van der Waals surface area contributed by atoms with E-state index in [0.717, 1.165) is 31.4 Å². The molecule has 13 rings (SSSR count).